The van der Waals surface area contributed by atoms with Gasteiger partial charge < -0.3 is 0 Å². The minimum atomic E-state index is -4.27. The molecule has 0 aromatic heterocycles. The summed E-state index contributed by atoms with van der Waals surface area (Å²) in [7, 11) is 0. The van der Waals surface area contributed by atoms with Crippen LogP contribution in [0.15, 0.2) is 24.3 Å². The predicted molar refractivity (Wildman–Crippen MR) is 42.7 cm³/mol. The number of benzene rings is 1. The average Bonchev–Trinajstić information content (AvgIpc) is 2.03. The van der Waals surface area contributed by atoms with Crippen LogP contribution >= 0.6 is 11.5 Å². The van der Waals surface area contributed by atoms with E-state index in [2.05, 4.69) is 0 Å². The monoisotopic (exact) mass is 191 g/mol. The van der Waals surface area contributed by atoms with Crippen molar-refractivity contribution in [2.24, 2.45) is 0 Å². The van der Waals surface area contributed by atoms with Crippen molar-refractivity contribution in [2.75, 3.05) is 0 Å². The molecule has 0 saturated carbocycles. The topological polar surface area (TPSA) is 0 Å². The van der Waals surface area contributed by atoms with E-state index in [1.807, 2.05) is 0 Å². The SMILES string of the molecule is FC(F)(F)c1ccc([B]Cl)cc1. The van der Waals surface area contributed by atoms with Gasteiger partial charge in [-0.1, -0.05) is 29.7 Å². The van der Waals surface area contributed by atoms with Crippen molar-refractivity contribution in [1.82, 2.24) is 0 Å². The zero-order valence-corrected chi connectivity index (χ0v) is 6.65. The first-order chi connectivity index (χ1) is 5.54. The third kappa shape index (κ3) is 2.17. The van der Waals surface area contributed by atoms with Crippen LogP contribution in [0, 0.1) is 0 Å². The summed E-state index contributed by atoms with van der Waals surface area (Å²) in [6.45, 7) is 1.22. The lowest BCUT2D eigenvalue weighted by Gasteiger charge is -2.05. The zero-order valence-electron chi connectivity index (χ0n) is 5.90. The van der Waals surface area contributed by atoms with E-state index >= 15 is 0 Å². The van der Waals surface area contributed by atoms with Gasteiger partial charge in [-0.25, -0.2) is 0 Å². The first-order valence-electron chi connectivity index (χ1n) is 3.15. The molecular formula is C7H4BClF3. The van der Waals surface area contributed by atoms with E-state index in [1.165, 1.54) is 18.8 Å². The van der Waals surface area contributed by atoms with Crippen molar-refractivity contribution in [1.29, 1.82) is 0 Å². The Labute approximate surface area is 73.5 Å². The van der Waals surface area contributed by atoms with Crippen LogP contribution in [-0.2, 0) is 6.18 Å². The Morgan fingerprint density at radius 1 is 1.08 bits per heavy atom. The normalized spacial score (nSPS) is 11.3. The quantitative estimate of drug-likeness (QED) is 0.597. The van der Waals surface area contributed by atoms with Gasteiger partial charge in [0.1, 0.15) is 0 Å². The van der Waals surface area contributed by atoms with Crippen LogP contribution in [0.1, 0.15) is 5.56 Å². The average molecular weight is 191 g/mol. The molecule has 0 amide bonds. The number of halogens is 4. The highest BCUT2D eigenvalue weighted by atomic mass is 35.5. The fourth-order valence-electron chi connectivity index (χ4n) is 0.745. The lowest BCUT2D eigenvalue weighted by Crippen LogP contribution is -2.11. The Morgan fingerprint density at radius 3 is 1.92 bits per heavy atom. The van der Waals surface area contributed by atoms with Gasteiger partial charge in [-0.15, -0.1) is 0 Å². The van der Waals surface area contributed by atoms with Crippen molar-refractivity contribution in [3.05, 3.63) is 29.8 Å². The van der Waals surface area contributed by atoms with E-state index in [4.69, 9.17) is 11.5 Å². The molecule has 0 N–H and O–H groups in total. The molecular weight excluding hydrogens is 187 g/mol. The molecule has 0 atom stereocenters. The fourth-order valence-corrected chi connectivity index (χ4v) is 0.890. The molecule has 0 aliphatic carbocycles. The molecule has 1 aromatic carbocycles. The van der Waals surface area contributed by atoms with E-state index in [9.17, 15) is 13.2 Å². The summed E-state index contributed by atoms with van der Waals surface area (Å²) < 4.78 is 35.9. The highest BCUT2D eigenvalue weighted by Crippen LogP contribution is 2.28. The molecule has 0 fully saturated rings. The first kappa shape index (κ1) is 9.45. The zero-order chi connectivity index (χ0) is 9.19. The van der Waals surface area contributed by atoms with Crippen molar-refractivity contribution in [3.8, 4) is 0 Å². The Bertz CT molecular complexity index is 254. The van der Waals surface area contributed by atoms with E-state index < -0.39 is 11.7 Å². The largest absolute Gasteiger partial charge is 0.416 e. The third-order valence-corrected chi connectivity index (χ3v) is 1.62. The minimum Gasteiger partial charge on any atom is -0.197 e. The number of hydrogen-bond donors (Lipinski definition) is 0. The Morgan fingerprint density at radius 2 is 1.58 bits per heavy atom. The van der Waals surface area contributed by atoms with Crippen LogP contribution in [-0.4, -0.2) is 6.69 Å². The summed E-state index contributed by atoms with van der Waals surface area (Å²) in [5, 5.41) is 0. The van der Waals surface area contributed by atoms with Crippen LogP contribution < -0.4 is 5.46 Å². The molecule has 0 nitrogen and oxygen atoms in total. The van der Waals surface area contributed by atoms with Gasteiger partial charge in [-0.2, -0.15) is 24.6 Å². The Balaban J connectivity index is 2.93. The number of hydrogen-bond acceptors (Lipinski definition) is 0. The molecule has 0 saturated heterocycles. The Kier molecular flexibility index (Phi) is 2.67. The second-order valence-corrected chi connectivity index (χ2v) is 2.45. The highest BCUT2D eigenvalue weighted by molar-refractivity contribution is 7.01. The summed E-state index contributed by atoms with van der Waals surface area (Å²) in [5.41, 5.74) is -0.102. The van der Waals surface area contributed by atoms with Crippen LogP contribution in [0.2, 0.25) is 0 Å². The summed E-state index contributed by atoms with van der Waals surface area (Å²) in [6.07, 6.45) is -4.27. The maximum absolute atomic E-state index is 12.0. The van der Waals surface area contributed by atoms with Crippen LogP contribution in [0.5, 0.6) is 0 Å². The smallest absolute Gasteiger partial charge is 0.197 e. The van der Waals surface area contributed by atoms with E-state index in [1.54, 1.807) is 0 Å². The van der Waals surface area contributed by atoms with Crippen LogP contribution in [0.3, 0.4) is 0 Å². The summed E-state index contributed by atoms with van der Waals surface area (Å²) in [6, 6.07) is 4.62. The van der Waals surface area contributed by atoms with Gasteiger partial charge in [0.05, 0.1) is 5.56 Å². The molecule has 1 radical (unpaired) electrons. The number of rotatable bonds is 1. The maximum Gasteiger partial charge on any atom is 0.416 e. The van der Waals surface area contributed by atoms with Crippen molar-refractivity contribution in [3.63, 3.8) is 0 Å². The minimum absolute atomic E-state index is 0.560. The molecule has 0 aliphatic heterocycles. The second kappa shape index (κ2) is 3.39. The fraction of sp³-hybridized carbons (Fsp3) is 0.143. The van der Waals surface area contributed by atoms with Gasteiger partial charge in [0.25, 0.3) is 6.69 Å². The standard InChI is InChI=1S/C7H4BClF3/c9-8-6-3-1-5(2-4-6)7(10,11)12/h1-4H. The molecule has 12 heavy (non-hydrogen) atoms. The molecule has 5 heteroatoms. The van der Waals surface area contributed by atoms with Crippen molar-refractivity contribution < 1.29 is 13.2 Å². The van der Waals surface area contributed by atoms with Gasteiger partial charge in [0.15, 0.2) is 0 Å². The van der Waals surface area contributed by atoms with Gasteiger partial charge in [0, 0.05) is 0 Å². The summed E-state index contributed by atoms with van der Waals surface area (Å²) in [5.74, 6) is 0. The van der Waals surface area contributed by atoms with Gasteiger partial charge in [-0.3, -0.25) is 0 Å². The van der Waals surface area contributed by atoms with E-state index in [-0.39, 0.29) is 0 Å². The van der Waals surface area contributed by atoms with Gasteiger partial charge >= 0.3 is 6.18 Å². The van der Waals surface area contributed by atoms with Crippen molar-refractivity contribution >= 4 is 23.6 Å². The highest BCUT2D eigenvalue weighted by Gasteiger charge is 2.29. The third-order valence-electron chi connectivity index (χ3n) is 1.36. The first-order valence-corrected chi connectivity index (χ1v) is 3.58. The molecule has 63 valence electrons. The molecule has 1 aromatic rings. The lowest BCUT2D eigenvalue weighted by molar-refractivity contribution is -0.137. The molecule has 0 bridgehead atoms. The van der Waals surface area contributed by atoms with E-state index in [0.29, 0.717) is 5.46 Å². The van der Waals surface area contributed by atoms with Crippen LogP contribution in [0.4, 0.5) is 13.2 Å². The molecule has 0 heterocycles. The molecule has 0 unspecified atom stereocenters. The lowest BCUT2D eigenvalue weighted by atomic mass is 9.94. The number of alkyl halides is 3. The predicted octanol–water partition coefficient (Wildman–Crippen LogP) is 2.19. The summed E-state index contributed by atoms with van der Waals surface area (Å²) in [4.78, 5) is 0. The molecule has 1 rings (SSSR count). The second-order valence-electron chi connectivity index (χ2n) is 2.23. The molecule has 0 aliphatic rings. The summed E-state index contributed by atoms with van der Waals surface area (Å²) >= 11 is 5.29. The van der Waals surface area contributed by atoms with Gasteiger partial charge in [0.2, 0.25) is 0 Å². The van der Waals surface area contributed by atoms with Crippen LogP contribution in [0.25, 0.3) is 0 Å². The van der Waals surface area contributed by atoms with Gasteiger partial charge in [-0.05, 0) is 0 Å². The maximum atomic E-state index is 12.0. The van der Waals surface area contributed by atoms with Crippen molar-refractivity contribution in [2.45, 2.75) is 6.18 Å². The van der Waals surface area contributed by atoms with E-state index in [0.717, 1.165) is 12.1 Å². The Hall–Kier alpha value is -0.635. The molecule has 0 spiro atoms.